The van der Waals surface area contributed by atoms with Crippen LogP contribution in [0.5, 0.6) is 0 Å². The van der Waals surface area contributed by atoms with E-state index in [-0.39, 0.29) is 11.7 Å². The lowest BCUT2D eigenvalue weighted by Crippen LogP contribution is -2.10. The summed E-state index contributed by atoms with van der Waals surface area (Å²) in [4.78, 5) is 11.9. The first-order valence-corrected chi connectivity index (χ1v) is 6.24. The summed E-state index contributed by atoms with van der Waals surface area (Å²) >= 11 is 0. The number of rotatable bonds is 5. The standard InChI is InChI=1S/C15H22O/c1-5-11(3)13-7-9-14(10-8-13)15(16)12(4)6-2/h7-12H,5-6H2,1-4H3. The van der Waals surface area contributed by atoms with Crippen molar-refractivity contribution in [2.75, 3.05) is 0 Å². The third-order valence-corrected chi connectivity index (χ3v) is 3.44. The van der Waals surface area contributed by atoms with Crippen molar-refractivity contribution < 1.29 is 4.79 Å². The van der Waals surface area contributed by atoms with Crippen molar-refractivity contribution in [3.63, 3.8) is 0 Å². The Bertz CT molecular complexity index is 337. The van der Waals surface area contributed by atoms with E-state index in [2.05, 4.69) is 32.9 Å². The second-order valence-electron chi connectivity index (χ2n) is 4.60. The van der Waals surface area contributed by atoms with Crippen LogP contribution >= 0.6 is 0 Å². The minimum Gasteiger partial charge on any atom is -0.294 e. The molecule has 0 aromatic heterocycles. The van der Waals surface area contributed by atoms with Gasteiger partial charge in [-0.25, -0.2) is 0 Å². The van der Waals surface area contributed by atoms with Gasteiger partial charge >= 0.3 is 0 Å². The molecule has 88 valence electrons. The van der Waals surface area contributed by atoms with Crippen molar-refractivity contribution in [3.05, 3.63) is 35.4 Å². The zero-order valence-electron chi connectivity index (χ0n) is 10.8. The van der Waals surface area contributed by atoms with E-state index in [9.17, 15) is 4.79 Å². The van der Waals surface area contributed by atoms with E-state index in [1.807, 2.05) is 19.1 Å². The van der Waals surface area contributed by atoms with E-state index in [1.54, 1.807) is 0 Å². The number of hydrogen-bond acceptors (Lipinski definition) is 1. The molecule has 0 aliphatic carbocycles. The molecule has 0 fully saturated rings. The highest BCUT2D eigenvalue weighted by molar-refractivity contribution is 5.97. The predicted molar refractivity (Wildman–Crippen MR) is 68.9 cm³/mol. The zero-order valence-corrected chi connectivity index (χ0v) is 10.8. The fourth-order valence-electron chi connectivity index (χ4n) is 1.68. The summed E-state index contributed by atoms with van der Waals surface area (Å²) in [7, 11) is 0. The Morgan fingerprint density at radius 1 is 1.06 bits per heavy atom. The van der Waals surface area contributed by atoms with E-state index in [0.29, 0.717) is 5.92 Å². The fourth-order valence-corrected chi connectivity index (χ4v) is 1.68. The van der Waals surface area contributed by atoms with Gasteiger partial charge in [0.1, 0.15) is 0 Å². The summed E-state index contributed by atoms with van der Waals surface area (Å²) in [5, 5.41) is 0. The zero-order chi connectivity index (χ0) is 12.1. The van der Waals surface area contributed by atoms with Gasteiger partial charge in [0.2, 0.25) is 0 Å². The first-order valence-electron chi connectivity index (χ1n) is 6.24. The number of carbonyl (C=O) groups is 1. The summed E-state index contributed by atoms with van der Waals surface area (Å²) in [6.45, 7) is 8.44. The Morgan fingerprint density at radius 2 is 1.62 bits per heavy atom. The molecule has 1 aromatic rings. The molecule has 1 aromatic carbocycles. The number of hydrogen-bond donors (Lipinski definition) is 0. The molecule has 0 aliphatic heterocycles. The summed E-state index contributed by atoms with van der Waals surface area (Å²) in [6.07, 6.45) is 2.05. The average Bonchev–Trinajstić information content (AvgIpc) is 2.36. The number of Topliss-reactive ketones (excluding diaryl/α,β-unsaturated/α-hetero) is 1. The Kier molecular flexibility index (Phi) is 4.72. The van der Waals surface area contributed by atoms with Crippen molar-refractivity contribution in [3.8, 4) is 0 Å². The summed E-state index contributed by atoms with van der Waals surface area (Å²) in [6, 6.07) is 8.11. The van der Waals surface area contributed by atoms with Gasteiger partial charge in [-0.05, 0) is 24.3 Å². The van der Waals surface area contributed by atoms with Crippen LogP contribution in [0.25, 0.3) is 0 Å². The van der Waals surface area contributed by atoms with Crippen molar-refractivity contribution in [1.82, 2.24) is 0 Å². The van der Waals surface area contributed by atoms with Crippen molar-refractivity contribution in [1.29, 1.82) is 0 Å². The maximum Gasteiger partial charge on any atom is 0.165 e. The SMILES string of the molecule is CCC(C)C(=O)c1ccc(C(C)CC)cc1. The highest BCUT2D eigenvalue weighted by atomic mass is 16.1. The number of benzene rings is 1. The molecule has 16 heavy (non-hydrogen) atoms. The third kappa shape index (κ3) is 2.94. The van der Waals surface area contributed by atoms with E-state index in [1.165, 1.54) is 5.56 Å². The Balaban J connectivity index is 2.82. The van der Waals surface area contributed by atoms with E-state index in [4.69, 9.17) is 0 Å². The van der Waals surface area contributed by atoms with Gasteiger partial charge in [0.05, 0.1) is 0 Å². The molecule has 1 heteroatoms. The van der Waals surface area contributed by atoms with Gasteiger partial charge in [-0.15, -0.1) is 0 Å². The van der Waals surface area contributed by atoms with Gasteiger partial charge in [-0.1, -0.05) is 52.0 Å². The van der Waals surface area contributed by atoms with Crippen LogP contribution in [0.15, 0.2) is 24.3 Å². The Hall–Kier alpha value is -1.11. The summed E-state index contributed by atoms with van der Waals surface area (Å²) in [5.74, 6) is 0.973. The van der Waals surface area contributed by atoms with Gasteiger partial charge in [0, 0.05) is 11.5 Å². The van der Waals surface area contributed by atoms with Crippen molar-refractivity contribution >= 4 is 5.78 Å². The van der Waals surface area contributed by atoms with Crippen LogP contribution in [0.4, 0.5) is 0 Å². The van der Waals surface area contributed by atoms with Crippen LogP contribution in [0.2, 0.25) is 0 Å². The molecular formula is C15H22O. The molecule has 0 heterocycles. The molecule has 1 nitrogen and oxygen atoms in total. The summed E-state index contributed by atoms with van der Waals surface area (Å²) in [5.41, 5.74) is 2.17. The van der Waals surface area contributed by atoms with E-state index >= 15 is 0 Å². The van der Waals surface area contributed by atoms with Gasteiger partial charge < -0.3 is 0 Å². The largest absolute Gasteiger partial charge is 0.294 e. The molecule has 0 aliphatic rings. The second-order valence-corrected chi connectivity index (χ2v) is 4.60. The Labute approximate surface area is 98.9 Å². The normalized spacial score (nSPS) is 14.5. The minimum absolute atomic E-state index is 0.134. The Morgan fingerprint density at radius 3 is 2.06 bits per heavy atom. The maximum atomic E-state index is 11.9. The van der Waals surface area contributed by atoms with Crippen LogP contribution in [0.3, 0.4) is 0 Å². The lowest BCUT2D eigenvalue weighted by molar-refractivity contribution is 0.0927. The van der Waals surface area contributed by atoms with Gasteiger partial charge in [0.25, 0.3) is 0 Å². The molecule has 2 atom stereocenters. The quantitative estimate of drug-likeness (QED) is 0.668. The molecule has 0 bridgehead atoms. The molecule has 0 N–H and O–H groups in total. The van der Waals surface area contributed by atoms with Crippen LogP contribution in [0, 0.1) is 5.92 Å². The summed E-state index contributed by atoms with van der Waals surface area (Å²) < 4.78 is 0. The monoisotopic (exact) mass is 218 g/mol. The van der Waals surface area contributed by atoms with E-state index in [0.717, 1.165) is 18.4 Å². The van der Waals surface area contributed by atoms with Crippen LogP contribution in [0.1, 0.15) is 62.4 Å². The van der Waals surface area contributed by atoms with Gasteiger partial charge in [0.15, 0.2) is 5.78 Å². The van der Waals surface area contributed by atoms with Gasteiger partial charge in [-0.3, -0.25) is 4.79 Å². The molecule has 0 radical (unpaired) electrons. The van der Waals surface area contributed by atoms with Crippen LogP contribution < -0.4 is 0 Å². The molecule has 1 rings (SSSR count). The smallest absolute Gasteiger partial charge is 0.165 e. The highest BCUT2D eigenvalue weighted by Crippen LogP contribution is 2.20. The lowest BCUT2D eigenvalue weighted by Gasteiger charge is -2.11. The molecule has 0 amide bonds. The third-order valence-electron chi connectivity index (χ3n) is 3.44. The van der Waals surface area contributed by atoms with Crippen LogP contribution in [-0.2, 0) is 0 Å². The molecule has 2 unspecified atom stereocenters. The average molecular weight is 218 g/mol. The van der Waals surface area contributed by atoms with Crippen LogP contribution in [-0.4, -0.2) is 5.78 Å². The second kappa shape index (κ2) is 5.83. The minimum atomic E-state index is 0.134. The highest BCUT2D eigenvalue weighted by Gasteiger charge is 2.13. The van der Waals surface area contributed by atoms with Gasteiger partial charge in [-0.2, -0.15) is 0 Å². The predicted octanol–water partition coefficient (Wildman–Crippen LogP) is 4.43. The topological polar surface area (TPSA) is 17.1 Å². The molecule has 0 saturated heterocycles. The van der Waals surface area contributed by atoms with Crippen molar-refractivity contribution in [2.45, 2.75) is 46.5 Å². The van der Waals surface area contributed by atoms with Crippen molar-refractivity contribution in [2.24, 2.45) is 5.92 Å². The molecular weight excluding hydrogens is 196 g/mol. The number of carbonyl (C=O) groups excluding carboxylic acids is 1. The lowest BCUT2D eigenvalue weighted by atomic mass is 9.93. The van der Waals surface area contributed by atoms with E-state index < -0.39 is 0 Å². The first-order chi connectivity index (χ1) is 7.60. The molecule has 0 saturated carbocycles. The number of ketones is 1. The fraction of sp³-hybridized carbons (Fsp3) is 0.533. The first kappa shape index (κ1) is 13.0. The molecule has 0 spiro atoms. The maximum absolute atomic E-state index is 11.9.